The highest BCUT2D eigenvalue weighted by molar-refractivity contribution is 4.63. The molecule has 1 N–H and O–H groups in total. The molecule has 0 saturated carbocycles. The summed E-state index contributed by atoms with van der Waals surface area (Å²) in [5.41, 5.74) is 0. The van der Waals surface area contributed by atoms with Crippen LogP contribution in [-0.4, -0.2) is 11.2 Å². The predicted octanol–water partition coefficient (Wildman–Crippen LogP) is 2.97. The van der Waals surface area contributed by atoms with Gasteiger partial charge in [0.25, 0.3) is 0 Å². The van der Waals surface area contributed by atoms with Crippen LogP contribution in [0, 0.1) is 5.92 Å². The zero-order valence-electron chi connectivity index (χ0n) is 8.14. The van der Waals surface area contributed by atoms with E-state index in [0.717, 1.165) is 12.8 Å². The molecule has 1 nitrogen and oxygen atoms in total. The van der Waals surface area contributed by atoms with Gasteiger partial charge in [-0.05, 0) is 18.8 Å². The Morgan fingerprint density at radius 2 is 1.73 bits per heavy atom. The largest absolute Gasteiger partial charge is 0.393 e. The summed E-state index contributed by atoms with van der Waals surface area (Å²) in [4.78, 5) is 0. The van der Waals surface area contributed by atoms with E-state index in [1.165, 1.54) is 19.3 Å². The third kappa shape index (κ3) is 5.25. The van der Waals surface area contributed by atoms with Crippen molar-refractivity contribution in [2.24, 2.45) is 5.92 Å². The first kappa shape index (κ1) is 11.0. The van der Waals surface area contributed by atoms with Gasteiger partial charge in [0.15, 0.2) is 0 Å². The molecule has 0 saturated heterocycles. The van der Waals surface area contributed by atoms with Gasteiger partial charge in [-0.1, -0.05) is 40.0 Å². The smallest absolute Gasteiger partial charge is 0.0565 e. The fourth-order valence-corrected chi connectivity index (χ4v) is 1.30. The quantitative estimate of drug-likeness (QED) is 0.630. The van der Waals surface area contributed by atoms with Crippen molar-refractivity contribution in [2.75, 3.05) is 0 Å². The molecule has 0 aromatic heterocycles. The molecule has 0 radical (unpaired) electrons. The first-order chi connectivity index (χ1) is 5.22. The van der Waals surface area contributed by atoms with Gasteiger partial charge in [0.2, 0.25) is 0 Å². The highest BCUT2D eigenvalue weighted by Gasteiger charge is 2.11. The molecule has 0 bridgehead atoms. The Kier molecular flexibility index (Phi) is 6.63. The Hall–Kier alpha value is -0.0400. The lowest BCUT2D eigenvalue weighted by atomic mass is 9.95. The summed E-state index contributed by atoms with van der Waals surface area (Å²) in [5, 5.41) is 9.54. The van der Waals surface area contributed by atoms with Crippen molar-refractivity contribution in [3.8, 4) is 0 Å². The number of aliphatic hydroxyl groups is 1. The fourth-order valence-electron chi connectivity index (χ4n) is 1.30. The summed E-state index contributed by atoms with van der Waals surface area (Å²) in [6.45, 7) is 6.46. The fraction of sp³-hybridized carbons (Fsp3) is 1.00. The van der Waals surface area contributed by atoms with E-state index < -0.39 is 0 Å². The molecule has 11 heavy (non-hydrogen) atoms. The lowest BCUT2D eigenvalue weighted by Gasteiger charge is -2.17. The maximum absolute atomic E-state index is 9.54. The van der Waals surface area contributed by atoms with Gasteiger partial charge in [0, 0.05) is 0 Å². The van der Waals surface area contributed by atoms with Crippen LogP contribution in [0.5, 0.6) is 0 Å². The minimum atomic E-state index is -0.0634. The molecule has 0 aliphatic rings. The van der Waals surface area contributed by atoms with Gasteiger partial charge in [0.1, 0.15) is 0 Å². The molecular weight excluding hydrogens is 136 g/mol. The number of aliphatic hydroxyl groups excluding tert-OH is 1. The summed E-state index contributed by atoms with van der Waals surface area (Å²) in [6.07, 6.45) is 5.66. The van der Waals surface area contributed by atoms with Crippen LogP contribution in [0.1, 0.15) is 52.9 Å². The molecule has 1 heteroatoms. The molecule has 0 fully saturated rings. The molecule has 0 aromatic rings. The minimum Gasteiger partial charge on any atom is -0.393 e. The Bertz CT molecular complexity index is 80.9. The van der Waals surface area contributed by atoms with Crippen LogP contribution in [0.3, 0.4) is 0 Å². The van der Waals surface area contributed by atoms with Crippen molar-refractivity contribution in [1.29, 1.82) is 0 Å². The van der Waals surface area contributed by atoms with Gasteiger partial charge in [0.05, 0.1) is 6.10 Å². The maximum Gasteiger partial charge on any atom is 0.0565 e. The van der Waals surface area contributed by atoms with Crippen LogP contribution in [0.2, 0.25) is 0 Å². The van der Waals surface area contributed by atoms with Crippen LogP contribution in [0.4, 0.5) is 0 Å². The summed E-state index contributed by atoms with van der Waals surface area (Å²) in [7, 11) is 0. The Labute approximate surface area is 70.8 Å². The number of hydrogen-bond donors (Lipinski definition) is 1. The van der Waals surface area contributed by atoms with Crippen molar-refractivity contribution >= 4 is 0 Å². The summed E-state index contributed by atoms with van der Waals surface area (Å²) < 4.78 is 0. The Balaban J connectivity index is 3.38. The van der Waals surface area contributed by atoms with E-state index >= 15 is 0 Å². The van der Waals surface area contributed by atoms with Crippen LogP contribution >= 0.6 is 0 Å². The van der Waals surface area contributed by atoms with Crippen LogP contribution in [0.15, 0.2) is 0 Å². The molecule has 2 unspecified atom stereocenters. The topological polar surface area (TPSA) is 20.2 Å². The SMILES string of the molecule is CCCCC(C)C(O)CCC. The molecule has 2 atom stereocenters. The number of hydrogen-bond acceptors (Lipinski definition) is 1. The standard InChI is InChI=1S/C10H22O/c1-4-6-8-9(3)10(11)7-5-2/h9-11H,4-8H2,1-3H3. The van der Waals surface area contributed by atoms with Gasteiger partial charge in [-0.3, -0.25) is 0 Å². The minimum absolute atomic E-state index is 0.0634. The average Bonchev–Trinajstić information content (AvgIpc) is 2.00. The zero-order chi connectivity index (χ0) is 8.69. The molecule has 0 rings (SSSR count). The maximum atomic E-state index is 9.54. The molecule has 0 amide bonds. The monoisotopic (exact) mass is 158 g/mol. The first-order valence-electron chi connectivity index (χ1n) is 4.90. The molecule has 68 valence electrons. The van der Waals surface area contributed by atoms with Crippen molar-refractivity contribution in [3.63, 3.8) is 0 Å². The van der Waals surface area contributed by atoms with Crippen LogP contribution < -0.4 is 0 Å². The van der Waals surface area contributed by atoms with Crippen LogP contribution in [0.25, 0.3) is 0 Å². The second-order valence-electron chi connectivity index (χ2n) is 3.48. The predicted molar refractivity (Wildman–Crippen MR) is 49.6 cm³/mol. The van der Waals surface area contributed by atoms with E-state index in [9.17, 15) is 5.11 Å². The molecule has 0 aliphatic carbocycles. The number of unbranched alkanes of at least 4 members (excludes halogenated alkanes) is 1. The highest BCUT2D eigenvalue weighted by Crippen LogP contribution is 2.15. The van der Waals surface area contributed by atoms with E-state index in [0.29, 0.717) is 5.92 Å². The van der Waals surface area contributed by atoms with Gasteiger partial charge in [-0.15, -0.1) is 0 Å². The summed E-state index contributed by atoms with van der Waals surface area (Å²) >= 11 is 0. The Morgan fingerprint density at radius 1 is 1.09 bits per heavy atom. The molecule has 0 aromatic carbocycles. The summed E-state index contributed by atoms with van der Waals surface area (Å²) in [5.74, 6) is 0.495. The zero-order valence-corrected chi connectivity index (χ0v) is 8.14. The Morgan fingerprint density at radius 3 is 2.18 bits per heavy atom. The van der Waals surface area contributed by atoms with Gasteiger partial charge in [-0.25, -0.2) is 0 Å². The van der Waals surface area contributed by atoms with E-state index in [2.05, 4.69) is 20.8 Å². The van der Waals surface area contributed by atoms with Crippen molar-refractivity contribution in [2.45, 2.75) is 59.0 Å². The van der Waals surface area contributed by atoms with Crippen LogP contribution in [-0.2, 0) is 0 Å². The third-order valence-corrected chi connectivity index (χ3v) is 2.25. The second-order valence-corrected chi connectivity index (χ2v) is 3.48. The lowest BCUT2D eigenvalue weighted by Crippen LogP contribution is -2.16. The average molecular weight is 158 g/mol. The first-order valence-corrected chi connectivity index (χ1v) is 4.90. The molecule has 0 heterocycles. The highest BCUT2D eigenvalue weighted by atomic mass is 16.3. The summed E-state index contributed by atoms with van der Waals surface area (Å²) in [6, 6.07) is 0. The van der Waals surface area contributed by atoms with E-state index in [4.69, 9.17) is 0 Å². The lowest BCUT2D eigenvalue weighted by molar-refractivity contribution is 0.101. The van der Waals surface area contributed by atoms with Crippen molar-refractivity contribution < 1.29 is 5.11 Å². The molecular formula is C10H22O. The molecule has 0 aliphatic heterocycles. The third-order valence-electron chi connectivity index (χ3n) is 2.25. The van der Waals surface area contributed by atoms with Crippen molar-refractivity contribution in [3.05, 3.63) is 0 Å². The van der Waals surface area contributed by atoms with E-state index in [1.54, 1.807) is 0 Å². The van der Waals surface area contributed by atoms with Gasteiger partial charge in [-0.2, -0.15) is 0 Å². The van der Waals surface area contributed by atoms with Crippen molar-refractivity contribution in [1.82, 2.24) is 0 Å². The van der Waals surface area contributed by atoms with Gasteiger partial charge < -0.3 is 5.11 Å². The molecule has 0 spiro atoms. The number of rotatable bonds is 6. The van der Waals surface area contributed by atoms with E-state index in [-0.39, 0.29) is 6.10 Å². The van der Waals surface area contributed by atoms with Gasteiger partial charge >= 0.3 is 0 Å². The van der Waals surface area contributed by atoms with E-state index in [1.807, 2.05) is 0 Å². The second kappa shape index (κ2) is 6.66. The normalized spacial score (nSPS) is 16.4.